The van der Waals surface area contributed by atoms with Crippen molar-refractivity contribution < 1.29 is 4.39 Å². The molecule has 1 aromatic heterocycles. The maximum atomic E-state index is 14.2. The van der Waals surface area contributed by atoms with E-state index >= 15 is 0 Å². The second-order valence-electron chi connectivity index (χ2n) is 6.86. The smallest absolute Gasteiger partial charge is 0.227 e. The number of piperidine rings is 2. The molecule has 0 spiro atoms. The van der Waals surface area contributed by atoms with Crippen molar-refractivity contribution in [2.24, 2.45) is 4.99 Å². The lowest BCUT2D eigenvalue weighted by atomic mass is 9.93. The maximum Gasteiger partial charge on any atom is 0.227 e. The minimum absolute atomic E-state index is 0.217. The van der Waals surface area contributed by atoms with Crippen molar-refractivity contribution in [3.05, 3.63) is 41.3 Å². The molecule has 3 saturated heterocycles. The average Bonchev–Trinajstić information content (AvgIpc) is 3.12. The summed E-state index contributed by atoms with van der Waals surface area (Å²) in [6, 6.07) is 6.78. The standard InChI is InChI=1S/C18H19FN6/c19-16-9-22-18(25-10-14-3-4-15(25)8-21-14)24-17(16)23-13-2-1-11-6-20-7-12(11)5-13/h1-2,5,7,9,14-15,21H,3-4,6,8,10H2,(H,22,23,24). The monoisotopic (exact) mass is 338 g/mol. The zero-order valence-electron chi connectivity index (χ0n) is 13.7. The van der Waals surface area contributed by atoms with Gasteiger partial charge in [0.2, 0.25) is 5.95 Å². The van der Waals surface area contributed by atoms with Crippen LogP contribution >= 0.6 is 0 Å². The number of nitrogens with one attached hydrogen (secondary N) is 2. The van der Waals surface area contributed by atoms with E-state index in [-0.39, 0.29) is 5.82 Å². The van der Waals surface area contributed by atoms with Crippen LogP contribution in [-0.2, 0) is 6.54 Å². The highest BCUT2D eigenvalue weighted by atomic mass is 19.1. The molecule has 4 aliphatic heterocycles. The Balaban J connectivity index is 1.42. The molecule has 7 heteroatoms. The first-order chi connectivity index (χ1) is 12.3. The molecule has 2 bridgehead atoms. The van der Waals surface area contributed by atoms with E-state index in [9.17, 15) is 4.39 Å². The fraction of sp³-hybridized carbons (Fsp3) is 0.389. The molecular formula is C18H19FN6. The number of rotatable bonds is 3. The van der Waals surface area contributed by atoms with E-state index in [0.29, 0.717) is 24.6 Å². The highest BCUT2D eigenvalue weighted by Crippen LogP contribution is 2.28. The van der Waals surface area contributed by atoms with Crippen LogP contribution in [0.5, 0.6) is 0 Å². The van der Waals surface area contributed by atoms with Crippen molar-refractivity contribution in [2.45, 2.75) is 31.5 Å². The Bertz CT molecular complexity index is 843. The molecule has 2 unspecified atom stereocenters. The number of hydrogen-bond donors (Lipinski definition) is 2. The van der Waals surface area contributed by atoms with Crippen LogP contribution in [0.25, 0.3) is 0 Å². The summed E-state index contributed by atoms with van der Waals surface area (Å²) in [5.41, 5.74) is 3.06. The summed E-state index contributed by atoms with van der Waals surface area (Å²) < 4.78 is 14.2. The van der Waals surface area contributed by atoms with Gasteiger partial charge in [-0.1, -0.05) is 6.07 Å². The van der Waals surface area contributed by atoms with E-state index in [1.54, 1.807) is 0 Å². The lowest BCUT2D eigenvalue weighted by Gasteiger charge is -2.45. The Hall–Kier alpha value is -2.54. The normalized spacial score (nSPS) is 23.8. The summed E-state index contributed by atoms with van der Waals surface area (Å²) in [6.07, 6.45) is 5.42. The lowest BCUT2D eigenvalue weighted by molar-refractivity contribution is 0.287. The zero-order chi connectivity index (χ0) is 16.8. The highest BCUT2D eigenvalue weighted by Gasteiger charge is 2.35. The molecule has 128 valence electrons. The fourth-order valence-corrected chi connectivity index (χ4v) is 3.85. The third-order valence-corrected chi connectivity index (χ3v) is 5.24. The Kier molecular flexibility index (Phi) is 3.41. The first-order valence-corrected chi connectivity index (χ1v) is 8.68. The first-order valence-electron chi connectivity index (χ1n) is 8.68. The van der Waals surface area contributed by atoms with Gasteiger partial charge < -0.3 is 15.5 Å². The van der Waals surface area contributed by atoms with E-state index in [2.05, 4.69) is 30.5 Å². The maximum absolute atomic E-state index is 14.2. The summed E-state index contributed by atoms with van der Waals surface area (Å²) in [5.74, 6) is 0.371. The number of aliphatic imine (C=N–C) groups is 1. The van der Waals surface area contributed by atoms with Gasteiger partial charge in [-0.2, -0.15) is 4.98 Å². The van der Waals surface area contributed by atoms with Crippen molar-refractivity contribution in [3.63, 3.8) is 0 Å². The van der Waals surface area contributed by atoms with E-state index in [1.165, 1.54) is 18.2 Å². The van der Waals surface area contributed by atoms with E-state index in [4.69, 9.17) is 0 Å². The number of piperazine rings is 1. The molecule has 0 radical (unpaired) electrons. The second-order valence-corrected chi connectivity index (χ2v) is 6.86. The number of nitrogens with zero attached hydrogens (tertiary/aromatic N) is 4. The van der Waals surface area contributed by atoms with Crippen LogP contribution in [0, 0.1) is 5.82 Å². The van der Waals surface area contributed by atoms with Crippen LogP contribution in [-0.4, -0.2) is 41.4 Å². The first kappa shape index (κ1) is 14.8. The number of anilines is 3. The van der Waals surface area contributed by atoms with Crippen molar-refractivity contribution >= 4 is 23.7 Å². The van der Waals surface area contributed by atoms with Gasteiger partial charge in [0.05, 0.1) is 12.7 Å². The zero-order valence-corrected chi connectivity index (χ0v) is 13.7. The van der Waals surface area contributed by atoms with Crippen LogP contribution in [0.4, 0.5) is 21.8 Å². The van der Waals surface area contributed by atoms with E-state index < -0.39 is 5.82 Å². The molecule has 2 N–H and O–H groups in total. The summed E-state index contributed by atoms with van der Waals surface area (Å²) in [7, 11) is 0. The van der Waals surface area contributed by atoms with Crippen molar-refractivity contribution in [1.29, 1.82) is 0 Å². The number of benzene rings is 1. The molecule has 6 nitrogen and oxygen atoms in total. The Morgan fingerprint density at radius 3 is 3.04 bits per heavy atom. The Morgan fingerprint density at radius 2 is 2.24 bits per heavy atom. The van der Waals surface area contributed by atoms with Gasteiger partial charge in [0.1, 0.15) is 0 Å². The Labute approximate surface area is 145 Å². The van der Waals surface area contributed by atoms with Crippen molar-refractivity contribution in [3.8, 4) is 0 Å². The van der Waals surface area contributed by atoms with Crippen LogP contribution in [0.2, 0.25) is 0 Å². The quantitative estimate of drug-likeness (QED) is 0.898. The number of halogens is 1. The molecule has 3 fully saturated rings. The van der Waals surface area contributed by atoms with E-state index in [1.807, 2.05) is 24.4 Å². The largest absolute Gasteiger partial charge is 0.338 e. The molecule has 6 rings (SSSR count). The molecule has 0 saturated carbocycles. The molecular weight excluding hydrogens is 319 g/mol. The van der Waals surface area contributed by atoms with Crippen molar-refractivity contribution in [1.82, 2.24) is 15.3 Å². The summed E-state index contributed by atoms with van der Waals surface area (Å²) in [5, 5.41) is 6.60. The predicted molar refractivity (Wildman–Crippen MR) is 95.2 cm³/mol. The van der Waals surface area contributed by atoms with Gasteiger partial charge in [0, 0.05) is 37.1 Å². The van der Waals surface area contributed by atoms with Gasteiger partial charge in [0.25, 0.3) is 0 Å². The average molecular weight is 338 g/mol. The molecule has 5 heterocycles. The van der Waals surface area contributed by atoms with Crippen LogP contribution in [0.3, 0.4) is 0 Å². The van der Waals surface area contributed by atoms with Crippen LogP contribution in [0.15, 0.2) is 29.4 Å². The van der Waals surface area contributed by atoms with Gasteiger partial charge in [-0.25, -0.2) is 9.37 Å². The van der Waals surface area contributed by atoms with Gasteiger partial charge in [0.15, 0.2) is 11.6 Å². The summed E-state index contributed by atoms with van der Waals surface area (Å²) in [6.45, 7) is 2.54. The van der Waals surface area contributed by atoms with Gasteiger partial charge in [-0.15, -0.1) is 0 Å². The van der Waals surface area contributed by atoms with Crippen LogP contribution in [0.1, 0.15) is 24.0 Å². The minimum atomic E-state index is -0.446. The minimum Gasteiger partial charge on any atom is -0.338 e. The SMILES string of the molecule is Fc1cnc(N2CC3CCC2CN3)nc1Nc1ccc2c(c1)C=NC2. The predicted octanol–water partition coefficient (Wildman–Crippen LogP) is 2.23. The molecule has 25 heavy (non-hydrogen) atoms. The van der Waals surface area contributed by atoms with Crippen LogP contribution < -0.4 is 15.5 Å². The molecule has 4 aliphatic rings. The number of fused-ring (bicyclic) bond motifs is 4. The number of hydrogen-bond acceptors (Lipinski definition) is 6. The third-order valence-electron chi connectivity index (χ3n) is 5.24. The fourth-order valence-electron chi connectivity index (χ4n) is 3.85. The highest BCUT2D eigenvalue weighted by molar-refractivity contribution is 5.86. The number of aromatic nitrogens is 2. The van der Waals surface area contributed by atoms with Crippen molar-refractivity contribution in [2.75, 3.05) is 23.3 Å². The molecule has 2 atom stereocenters. The topological polar surface area (TPSA) is 65.4 Å². The molecule has 0 aliphatic carbocycles. The third kappa shape index (κ3) is 2.64. The van der Waals surface area contributed by atoms with Gasteiger partial charge in [-0.05, 0) is 36.1 Å². The molecule has 2 aromatic rings. The molecule has 1 aromatic carbocycles. The van der Waals surface area contributed by atoms with E-state index in [0.717, 1.165) is 30.8 Å². The lowest BCUT2D eigenvalue weighted by Crippen LogP contribution is -2.61. The van der Waals surface area contributed by atoms with Gasteiger partial charge in [-0.3, -0.25) is 4.99 Å². The molecule has 0 amide bonds. The van der Waals surface area contributed by atoms with Gasteiger partial charge >= 0.3 is 0 Å². The summed E-state index contributed by atoms with van der Waals surface area (Å²) in [4.78, 5) is 15.2. The summed E-state index contributed by atoms with van der Waals surface area (Å²) >= 11 is 0. The Morgan fingerprint density at radius 1 is 1.28 bits per heavy atom. The second kappa shape index (κ2) is 5.77.